The third kappa shape index (κ3) is 10.1. The van der Waals surface area contributed by atoms with E-state index in [-0.39, 0.29) is 56.5 Å². The van der Waals surface area contributed by atoms with Gasteiger partial charge in [0.1, 0.15) is 11.2 Å². The summed E-state index contributed by atoms with van der Waals surface area (Å²) >= 11 is 0. The number of rotatable bonds is 17. The van der Waals surface area contributed by atoms with Crippen molar-refractivity contribution in [2.24, 2.45) is 11.8 Å². The summed E-state index contributed by atoms with van der Waals surface area (Å²) in [4.78, 5) is 118. The number of aryl methyl sites for hydroxylation is 1. The Kier molecular flexibility index (Phi) is 13.4. The highest BCUT2D eigenvalue weighted by Crippen LogP contribution is 2.60. The summed E-state index contributed by atoms with van der Waals surface area (Å²) in [6.07, 6.45) is 5.89. The Morgan fingerprint density at radius 1 is 0.591 bits per heavy atom. The predicted molar refractivity (Wildman–Crippen MR) is 237 cm³/mol. The highest BCUT2D eigenvalue weighted by molar-refractivity contribution is 6.16. The highest BCUT2D eigenvalue weighted by Gasteiger charge is 2.61. The molecule has 4 fully saturated rings. The number of anilines is 1. The third-order valence-corrected chi connectivity index (χ3v) is 12.0. The first-order valence-corrected chi connectivity index (χ1v) is 21.2. The zero-order valence-electron chi connectivity index (χ0n) is 36.3. The van der Waals surface area contributed by atoms with Crippen LogP contribution in [0.2, 0.25) is 0 Å². The Balaban J connectivity index is 1.12. The lowest BCUT2D eigenvalue weighted by Gasteiger charge is -2.60. The quantitative estimate of drug-likeness (QED) is 0.0485. The minimum atomic E-state index is -1.07. The Labute approximate surface area is 379 Å². The number of amides is 2. The molecule has 2 amide bonds. The van der Waals surface area contributed by atoms with Crippen molar-refractivity contribution in [1.82, 2.24) is 5.32 Å². The summed E-state index contributed by atoms with van der Waals surface area (Å²) in [5.41, 5.74) is -1.33. The Hall–Kier alpha value is -7.81. The molecular formula is C51H46N2O13. The molecule has 2 unspecified atom stereocenters. The molecule has 15 nitrogen and oxygen atoms in total. The molecule has 8 rings (SSSR count). The number of carbonyl (C=O) groups excluding carboxylic acids is 9. The topological polar surface area (TPSA) is 215 Å². The van der Waals surface area contributed by atoms with E-state index in [4.69, 9.17) is 18.9 Å². The molecule has 4 aromatic carbocycles. The number of hydrogen-bond acceptors (Lipinski definition) is 13. The molecule has 0 aromatic heterocycles. The zero-order valence-corrected chi connectivity index (χ0v) is 36.3. The highest BCUT2D eigenvalue weighted by atomic mass is 16.6. The monoisotopic (exact) mass is 894 g/mol. The smallest absolute Gasteiger partial charge is 0.339 e. The number of nitrogens with one attached hydrogen (secondary N) is 2. The molecule has 66 heavy (non-hydrogen) atoms. The molecular weight excluding hydrogens is 849 g/mol. The van der Waals surface area contributed by atoms with Gasteiger partial charge < -0.3 is 29.6 Å². The molecule has 0 aliphatic heterocycles. The Morgan fingerprint density at radius 2 is 1.08 bits per heavy atom. The summed E-state index contributed by atoms with van der Waals surface area (Å²) in [7, 11) is 1.31. The number of ether oxygens (including phenoxy) is 4. The largest absolute Gasteiger partial charge is 0.455 e. The van der Waals surface area contributed by atoms with Crippen LogP contribution in [0.5, 0.6) is 0 Å². The third-order valence-electron chi connectivity index (χ3n) is 12.0. The fourth-order valence-corrected chi connectivity index (χ4v) is 9.49. The summed E-state index contributed by atoms with van der Waals surface area (Å²) in [5, 5.41) is 5.06. The second-order valence-corrected chi connectivity index (χ2v) is 16.9. The van der Waals surface area contributed by atoms with Gasteiger partial charge in [-0.15, -0.1) is 0 Å². The molecule has 0 saturated heterocycles. The van der Waals surface area contributed by atoms with E-state index in [2.05, 4.69) is 23.8 Å². The lowest BCUT2D eigenvalue weighted by molar-refractivity contribution is -0.200. The number of esters is 4. The zero-order chi connectivity index (χ0) is 47.3. The Bertz CT molecular complexity index is 2720. The molecule has 0 radical (unpaired) electrons. The molecule has 4 saturated carbocycles. The second kappa shape index (κ2) is 19.1. The molecule has 4 aromatic rings. The first kappa shape index (κ1) is 46.2. The van der Waals surface area contributed by atoms with Gasteiger partial charge in [-0.2, -0.15) is 0 Å². The van der Waals surface area contributed by atoms with Crippen molar-refractivity contribution in [3.8, 4) is 0 Å². The molecule has 0 heterocycles. The maximum absolute atomic E-state index is 14.1. The van der Waals surface area contributed by atoms with Crippen LogP contribution >= 0.6 is 0 Å². The van der Waals surface area contributed by atoms with Crippen molar-refractivity contribution in [1.29, 1.82) is 0 Å². The molecule has 4 bridgehead atoms. The van der Waals surface area contributed by atoms with Gasteiger partial charge in [0.15, 0.2) is 30.6 Å². The second-order valence-electron chi connectivity index (χ2n) is 16.9. The fourth-order valence-electron chi connectivity index (χ4n) is 9.49. The summed E-state index contributed by atoms with van der Waals surface area (Å²) < 4.78 is 22.7. The van der Waals surface area contributed by atoms with Gasteiger partial charge >= 0.3 is 23.9 Å². The molecule has 4 aliphatic carbocycles. The van der Waals surface area contributed by atoms with Crippen molar-refractivity contribution >= 4 is 58.7 Å². The van der Waals surface area contributed by atoms with Crippen molar-refractivity contribution in [3.63, 3.8) is 0 Å². The molecule has 2 atom stereocenters. The SMILES string of the molecule is C=CC(=O)COC(=O)c1ccc(C(=O)c2ccc(C(=O)OCC(=O)C=C)c(C(=O)Nc3cccc(C(=O)OC45CC6CC(CC(OC(=O)c7cccc(C)c7)(C6)C4)C5)c3)c2)cc1C(=O)NC. The fraction of sp³-hybridized carbons (Fsp3) is 0.275. The van der Waals surface area contributed by atoms with Crippen LogP contribution in [0.15, 0.2) is 110 Å². The van der Waals surface area contributed by atoms with Crippen LogP contribution in [-0.4, -0.2) is 84.5 Å². The van der Waals surface area contributed by atoms with E-state index < -0.39 is 77.5 Å². The van der Waals surface area contributed by atoms with Crippen molar-refractivity contribution in [2.75, 3.05) is 25.6 Å². The van der Waals surface area contributed by atoms with Gasteiger partial charge in [0.05, 0.1) is 33.4 Å². The van der Waals surface area contributed by atoms with E-state index in [1.54, 1.807) is 18.2 Å². The summed E-state index contributed by atoms with van der Waals surface area (Å²) in [5.74, 6) is -6.26. The number of benzene rings is 4. The average Bonchev–Trinajstić information content (AvgIpc) is 3.30. The van der Waals surface area contributed by atoms with Crippen LogP contribution in [0, 0.1) is 18.8 Å². The van der Waals surface area contributed by atoms with Gasteiger partial charge in [0.2, 0.25) is 0 Å². The first-order chi connectivity index (χ1) is 31.5. The molecule has 15 heteroatoms. The predicted octanol–water partition coefficient (Wildman–Crippen LogP) is 6.77. The van der Waals surface area contributed by atoms with E-state index in [9.17, 15) is 43.2 Å². The maximum Gasteiger partial charge on any atom is 0.339 e. The lowest BCUT2D eigenvalue weighted by atomic mass is 9.52. The van der Waals surface area contributed by atoms with Crippen molar-refractivity contribution < 1.29 is 62.1 Å². The van der Waals surface area contributed by atoms with Crippen molar-refractivity contribution in [3.05, 3.63) is 160 Å². The minimum absolute atomic E-state index is 0.0915. The van der Waals surface area contributed by atoms with Gasteiger partial charge in [0.25, 0.3) is 11.8 Å². The molecule has 338 valence electrons. The summed E-state index contributed by atoms with van der Waals surface area (Å²) in [6, 6.07) is 20.3. The van der Waals surface area contributed by atoms with Gasteiger partial charge in [-0.1, -0.05) is 49.1 Å². The van der Waals surface area contributed by atoms with Crippen LogP contribution in [-0.2, 0) is 28.5 Å². The number of ketones is 3. The van der Waals surface area contributed by atoms with Crippen LogP contribution in [0.25, 0.3) is 0 Å². The molecule has 4 aliphatic rings. The van der Waals surface area contributed by atoms with Gasteiger partial charge in [-0.25, -0.2) is 19.2 Å². The van der Waals surface area contributed by atoms with Crippen LogP contribution in [0.3, 0.4) is 0 Å². The Morgan fingerprint density at radius 3 is 1.56 bits per heavy atom. The van der Waals surface area contributed by atoms with Gasteiger partial charge in [-0.05, 0) is 118 Å². The average molecular weight is 895 g/mol. The summed E-state index contributed by atoms with van der Waals surface area (Å²) in [6.45, 7) is 7.28. The normalized spacial score (nSPS) is 19.9. The van der Waals surface area contributed by atoms with E-state index in [0.29, 0.717) is 37.7 Å². The van der Waals surface area contributed by atoms with E-state index in [0.717, 1.165) is 42.3 Å². The van der Waals surface area contributed by atoms with Gasteiger partial charge in [0, 0.05) is 30.3 Å². The maximum atomic E-state index is 14.1. The van der Waals surface area contributed by atoms with Gasteiger partial charge in [-0.3, -0.25) is 24.0 Å². The lowest BCUT2D eigenvalue weighted by Crippen LogP contribution is -2.61. The molecule has 2 N–H and O–H groups in total. The molecule has 0 spiro atoms. The standard InChI is InChI=1S/C51H46N2O13/c1-5-37(54)26-63-48(61)39-15-13-32(20-41(39)44(57)52-4)43(56)33-14-16-40(49(62)64-27-38(55)6-2)42(21-33)45(58)53-36-12-8-11-35(19-36)47(60)66-51-24-30-18-31(25-51)23-50(22-30,28-51)65-46(59)34-10-7-9-29(3)17-34/h5-17,19-21,30-31H,1-2,18,22-28H2,3-4H3,(H,52,57)(H,53,58). The number of hydrogen-bond donors (Lipinski definition) is 2. The first-order valence-electron chi connectivity index (χ1n) is 21.2. The minimum Gasteiger partial charge on any atom is -0.455 e. The van der Waals surface area contributed by atoms with Crippen molar-refractivity contribution in [2.45, 2.75) is 56.7 Å². The van der Waals surface area contributed by atoms with Crippen LogP contribution < -0.4 is 10.6 Å². The van der Waals surface area contributed by atoms with E-state index >= 15 is 0 Å². The van der Waals surface area contributed by atoms with Crippen LogP contribution in [0.4, 0.5) is 5.69 Å². The van der Waals surface area contributed by atoms with E-state index in [1.807, 2.05) is 13.0 Å². The van der Waals surface area contributed by atoms with E-state index in [1.165, 1.54) is 49.5 Å². The number of carbonyl (C=O) groups is 9. The van der Waals surface area contributed by atoms with Crippen LogP contribution in [0.1, 0.15) is 122 Å².